The van der Waals surface area contributed by atoms with E-state index in [1.807, 2.05) is 54.6 Å². The van der Waals surface area contributed by atoms with Crippen molar-refractivity contribution in [2.45, 2.75) is 12.0 Å². The van der Waals surface area contributed by atoms with E-state index < -0.39 is 12.1 Å². The van der Waals surface area contributed by atoms with Crippen molar-refractivity contribution in [3.63, 3.8) is 0 Å². The topological polar surface area (TPSA) is 56.8 Å². The molecule has 1 aliphatic heterocycles. The van der Waals surface area contributed by atoms with E-state index in [-0.39, 0.29) is 12.5 Å². The summed E-state index contributed by atoms with van der Waals surface area (Å²) in [6.07, 6.45) is -0.480. The highest BCUT2D eigenvalue weighted by molar-refractivity contribution is 5.79. The number of fused-ring (bicyclic) bond motifs is 5. The van der Waals surface area contributed by atoms with Gasteiger partial charge in [0.1, 0.15) is 31.0 Å². The second-order valence-corrected chi connectivity index (χ2v) is 8.39. The third-order valence-electron chi connectivity index (χ3n) is 6.52. The predicted octanol–water partition coefficient (Wildman–Crippen LogP) is 6.59. The maximum atomic E-state index is 13.0. The summed E-state index contributed by atoms with van der Waals surface area (Å²) < 4.78 is 16.9. The van der Waals surface area contributed by atoms with E-state index in [1.165, 1.54) is 22.3 Å². The van der Waals surface area contributed by atoms with Crippen LogP contribution in [0.5, 0.6) is 17.2 Å². The van der Waals surface area contributed by atoms with E-state index in [1.54, 1.807) is 12.1 Å². The molecule has 1 heterocycles. The minimum Gasteiger partial charge on any atom is -0.490 e. The van der Waals surface area contributed by atoms with Crippen molar-refractivity contribution in [1.29, 1.82) is 0 Å². The molecule has 4 aromatic carbocycles. The smallest absolute Gasteiger partial charge is 0.407 e. The zero-order valence-corrected chi connectivity index (χ0v) is 18.4. The van der Waals surface area contributed by atoms with E-state index in [4.69, 9.17) is 14.2 Å². The highest BCUT2D eigenvalue weighted by atomic mass is 16.5. The van der Waals surface area contributed by atoms with Gasteiger partial charge in [-0.2, -0.15) is 0 Å². The van der Waals surface area contributed by atoms with E-state index in [2.05, 4.69) is 36.7 Å². The molecule has 34 heavy (non-hydrogen) atoms. The summed E-state index contributed by atoms with van der Waals surface area (Å²) in [6.45, 7) is 0.256. The molecule has 0 aromatic heterocycles. The van der Waals surface area contributed by atoms with Crippen molar-refractivity contribution >= 4 is 6.09 Å². The maximum absolute atomic E-state index is 13.0. The number of carbonyl (C=O) groups excluding carboxylic acids is 1. The van der Waals surface area contributed by atoms with Gasteiger partial charge in [-0.1, -0.05) is 66.7 Å². The van der Waals surface area contributed by atoms with Crippen LogP contribution >= 0.6 is 0 Å². The summed E-state index contributed by atoms with van der Waals surface area (Å²) >= 11 is 0. The monoisotopic (exact) mass is 448 g/mol. The molecule has 5 heteroatoms. The summed E-state index contributed by atoms with van der Waals surface area (Å²) in [5.41, 5.74) is 6.45. The predicted molar refractivity (Wildman–Crippen MR) is 129 cm³/mol. The lowest BCUT2D eigenvalue weighted by Gasteiger charge is -2.29. The minimum atomic E-state index is -0.480. The molecular formula is C29H22NO4. The Morgan fingerprint density at radius 2 is 1.41 bits per heavy atom. The van der Waals surface area contributed by atoms with E-state index in [0.717, 1.165) is 11.1 Å². The molecule has 0 fully saturated rings. The number of hydrogen-bond acceptors (Lipinski definition) is 4. The molecule has 1 radical (unpaired) electrons. The fourth-order valence-corrected chi connectivity index (χ4v) is 4.94. The highest BCUT2D eigenvalue weighted by Gasteiger charge is 2.31. The van der Waals surface area contributed by atoms with Gasteiger partial charge in [-0.3, -0.25) is 0 Å². The number of carbonyl (C=O) groups is 1. The Balaban J connectivity index is 1.25. The number of para-hydroxylation sites is 1. The van der Waals surface area contributed by atoms with Crippen LogP contribution in [0.1, 0.15) is 34.2 Å². The highest BCUT2D eigenvalue weighted by Crippen LogP contribution is 2.46. The normalized spacial score (nSPS) is 15.3. The summed E-state index contributed by atoms with van der Waals surface area (Å²) in [4.78, 5) is 13.0. The Morgan fingerprint density at radius 3 is 2.12 bits per heavy atom. The molecule has 0 saturated carbocycles. The van der Waals surface area contributed by atoms with E-state index in [0.29, 0.717) is 17.2 Å². The van der Waals surface area contributed by atoms with Gasteiger partial charge in [-0.05, 0) is 40.5 Å². The molecule has 1 atom stereocenters. The van der Waals surface area contributed by atoms with Crippen molar-refractivity contribution in [1.82, 2.24) is 5.32 Å². The molecule has 0 spiro atoms. The molecule has 6 rings (SSSR count). The quantitative estimate of drug-likeness (QED) is 0.383. The van der Waals surface area contributed by atoms with Crippen molar-refractivity contribution in [3.05, 3.63) is 120 Å². The van der Waals surface area contributed by atoms with Crippen molar-refractivity contribution in [2.75, 3.05) is 6.61 Å². The van der Waals surface area contributed by atoms with E-state index in [9.17, 15) is 4.79 Å². The second-order valence-electron chi connectivity index (χ2n) is 8.39. The first-order chi connectivity index (χ1) is 16.7. The Labute approximate surface area is 197 Å². The third-order valence-corrected chi connectivity index (χ3v) is 6.52. The Morgan fingerprint density at radius 1 is 0.794 bits per heavy atom. The molecule has 0 saturated heterocycles. The molecule has 2 aliphatic rings. The number of nitrogens with one attached hydrogen (secondary N) is 1. The van der Waals surface area contributed by atoms with Crippen LogP contribution in [0.2, 0.25) is 0 Å². The number of hydrogen-bond donors (Lipinski definition) is 1. The number of benzene rings is 4. The van der Waals surface area contributed by atoms with Crippen molar-refractivity contribution in [2.24, 2.45) is 0 Å². The Hall–Kier alpha value is -4.25. The molecular weight excluding hydrogens is 426 g/mol. The van der Waals surface area contributed by atoms with Crippen LogP contribution in [-0.4, -0.2) is 12.7 Å². The van der Waals surface area contributed by atoms with Crippen LogP contribution in [0, 0.1) is 7.11 Å². The fraction of sp³-hybridized carbons (Fsp3) is 0.103. The standard InChI is InChI=1S/C29H22NO4/c1-32-18-14-15-24-27(16-18)34-26-13-7-6-12-23(26)28(24)30-29(31)33-17-25-21-10-4-2-8-19(21)20-9-3-5-11-22(20)25/h2-16,25,28H,1,17H2,(H,30,31). The zero-order valence-electron chi connectivity index (χ0n) is 18.4. The molecule has 4 aromatic rings. The first-order valence-electron chi connectivity index (χ1n) is 11.2. The molecule has 1 aliphatic carbocycles. The second kappa shape index (κ2) is 8.27. The number of ether oxygens (including phenoxy) is 3. The lowest BCUT2D eigenvalue weighted by molar-refractivity contribution is 0.140. The van der Waals surface area contributed by atoms with Crippen LogP contribution in [0.3, 0.4) is 0 Å². The van der Waals surface area contributed by atoms with Gasteiger partial charge in [0.2, 0.25) is 0 Å². The number of alkyl carbamates (subject to hydrolysis) is 1. The van der Waals surface area contributed by atoms with Crippen molar-refractivity contribution in [3.8, 4) is 28.4 Å². The summed E-state index contributed by atoms with van der Waals surface area (Å²) in [6, 6.07) is 29.3. The first-order valence-corrected chi connectivity index (χ1v) is 11.2. The summed E-state index contributed by atoms with van der Waals surface area (Å²) in [5.74, 6) is 1.88. The molecule has 1 unspecified atom stereocenters. The molecule has 0 bridgehead atoms. The summed E-state index contributed by atoms with van der Waals surface area (Å²) in [5, 5.41) is 3.04. The van der Waals surface area contributed by atoms with Crippen LogP contribution in [-0.2, 0) is 4.74 Å². The van der Waals surface area contributed by atoms with Gasteiger partial charge in [0.25, 0.3) is 0 Å². The van der Waals surface area contributed by atoms with Gasteiger partial charge in [-0.15, -0.1) is 0 Å². The molecule has 5 nitrogen and oxygen atoms in total. The van der Waals surface area contributed by atoms with Gasteiger partial charge in [0, 0.05) is 23.1 Å². The van der Waals surface area contributed by atoms with Crippen LogP contribution in [0.4, 0.5) is 4.79 Å². The average Bonchev–Trinajstić information content (AvgIpc) is 3.20. The zero-order chi connectivity index (χ0) is 23.1. The minimum absolute atomic E-state index is 0.00386. The van der Waals surface area contributed by atoms with Gasteiger partial charge >= 0.3 is 6.09 Å². The van der Waals surface area contributed by atoms with Gasteiger partial charge in [0.15, 0.2) is 0 Å². The maximum Gasteiger partial charge on any atom is 0.407 e. The van der Waals surface area contributed by atoms with E-state index >= 15 is 0 Å². The Kier molecular flexibility index (Phi) is 4.95. The van der Waals surface area contributed by atoms with Crippen LogP contribution < -0.4 is 14.8 Å². The van der Waals surface area contributed by atoms with Crippen LogP contribution in [0.25, 0.3) is 11.1 Å². The largest absolute Gasteiger partial charge is 0.490 e. The van der Waals surface area contributed by atoms with Gasteiger partial charge in [-0.25, -0.2) is 4.79 Å². The van der Waals surface area contributed by atoms with Crippen LogP contribution in [0.15, 0.2) is 91.0 Å². The summed E-state index contributed by atoms with van der Waals surface area (Å²) in [7, 11) is 3.47. The lowest BCUT2D eigenvalue weighted by atomic mass is 9.94. The molecule has 167 valence electrons. The average molecular weight is 448 g/mol. The SMILES string of the molecule is [CH2]Oc1ccc2c(c1)Oc1ccccc1C2NC(=O)OCC1c2ccccc2-c2ccccc21. The third kappa shape index (κ3) is 3.37. The molecule has 1 N–H and O–H groups in total. The lowest BCUT2D eigenvalue weighted by Crippen LogP contribution is -2.32. The molecule has 1 amide bonds. The van der Waals surface area contributed by atoms with Crippen molar-refractivity contribution < 1.29 is 19.0 Å². The number of amides is 1. The fourth-order valence-electron chi connectivity index (χ4n) is 4.94. The number of rotatable bonds is 4. The first kappa shape index (κ1) is 20.4. The van der Waals surface area contributed by atoms with Gasteiger partial charge in [0.05, 0.1) is 6.04 Å². The van der Waals surface area contributed by atoms with Gasteiger partial charge < -0.3 is 19.5 Å². The Bertz CT molecular complexity index is 1350.